The standard InChI is InChI=1S/C21H28N4O2S/c1-28(26,27)19-10-5-11-22-21(19)17-9-6-12-25(14-17)15-18-13-23-24-20(18)16-7-3-2-4-8-16/h2-5,7-8,10-11,17-18,20,23-24H,6,9,12-15H2,1H3. The number of aromatic nitrogens is 1. The van der Waals surface area contributed by atoms with Crippen LogP contribution >= 0.6 is 0 Å². The summed E-state index contributed by atoms with van der Waals surface area (Å²) >= 11 is 0. The molecule has 0 bridgehead atoms. The molecule has 3 unspecified atom stereocenters. The van der Waals surface area contributed by atoms with Crippen LogP contribution in [0.5, 0.6) is 0 Å². The van der Waals surface area contributed by atoms with Gasteiger partial charge < -0.3 is 4.90 Å². The number of benzene rings is 1. The number of likely N-dealkylation sites (tertiary alicyclic amines) is 1. The lowest BCUT2D eigenvalue weighted by molar-refractivity contribution is 0.174. The molecule has 1 aromatic carbocycles. The van der Waals surface area contributed by atoms with Gasteiger partial charge in [-0.15, -0.1) is 0 Å². The van der Waals surface area contributed by atoms with Crippen molar-refractivity contribution in [1.29, 1.82) is 0 Å². The molecule has 2 aromatic rings. The zero-order chi connectivity index (χ0) is 19.6. The zero-order valence-electron chi connectivity index (χ0n) is 16.2. The van der Waals surface area contributed by atoms with E-state index in [1.165, 1.54) is 11.8 Å². The average Bonchev–Trinajstić information content (AvgIpc) is 3.16. The molecule has 0 saturated carbocycles. The Morgan fingerprint density at radius 1 is 1.18 bits per heavy atom. The normalized spacial score (nSPS) is 26.4. The third kappa shape index (κ3) is 4.27. The molecule has 0 aliphatic carbocycles. The number of nitrogens with zero attached hydrogens (tertiary/aromatic N) is 2. The number of pyridine rings is 1. The number of sulfone groups is 1. The van der Waals surface area contributed by atoms with Gasteiger partial charge >= 0.3 is 0 Å². The third-order valence-corrected chi connectivity index (χ3v) is 6.98. The molecule has 2 N–H and O–H groups in total. The first-order valence-corrected chi connectivity index (χ1v) is 11.8. The zero-order valence-corrected chi connectivity index (χ0v) is 17.0. The topological polar surface area (TPSA) is 74.3 Å². The second-order valence-corrected chi connectivity index (χ2v) is 9.92. The van der Waals surface area contributed by atoms with Crippen LogP contribution in [0.1, 0.15) is 36.1 Å². The molecule has 6 nitrogen and oxygen atoms in total. The molecule has 2 saturated heterocycles. The van der Waals surface area contributed by atoms with Crippen LogP contribution < -0.4 is 10.9 Å². The Morgan fingerprint density at radius 2 is 2.00 bits per heavy atom. The predicted octanol–water partition coefficient (Wildman–Crippen LogP) is 2.13. The Balaban J connectivity index is 1.48. The molecule has 150 valence electrons. The Morgan fingerprint density at radius 3 is 2.79 bits per heavy atom. The molecule has 0 amide bonds. The van der Waals surface area contributed by atoms with Crippen LogP contribution in [0.2, 0.25) is 0 Å². The summed E-state index contributed by atoms with van der Waals surface area (Å²) in [5.41, 5.74) is 8.76. The van der Waals surface area contributed by atoms with Gasteiger partial charge in [-0.25, -0.2) is 13.8 Å². The lowest BCUT2D eigenvalue weighted by Gasteiger charge is -2.35. The van der Waals surface area contributed by atoms with Crippen LogP contribution in [0.4, 0.5) is 0 Å². The highest BCUT2D eigenvalue weighted by Crippen LogP contribution is 2.32. The Kier molecular flexibility index (Phi) is 5.78. The number of piperidine rings is 1. The van der Waals surface area contributed by atoms with Crippen molar-refractivity contribution in [1.82, 2.24) is 20.7 Å². The molecule has 2 aliphatic heterocycles. The second kappa shape index (κ2) is 8.29. The van der Waals surface area contributed by atoms with Crippen molar-refractivity contribution >= 4 is 9.84 Å². The van der Waals surface area contributed by atoms with E-state index in [1.807, 2.05) is 6.07 Å². The van der Waals surface area contributed by atoms with Crippen LogP contribution in [0.15, 0.2) is 53.6 Å². The maximum atomic E-state index is 12.2. The van der Waals surface area contributed by atoms with Gasteiger partial charge in [0.05, 0.1) is 16.6 Å². The highest BCUT2D eigenvalue weighted by atomic mass is 32.2. The molecule has 7 heteroatoms. The van der Waals surface area contributed by atoms with E-state index in [9.17, 15) is 8.42 Å². The number of hydrogen-bond donors (Lipinski definition) is 2. The van der Waals surface area contributed by atoms with Crippen LogP contribution in [-0.2, 0) is 9.84 Å². The highest BCUT2D eigenvalue weighted by molar-refractivity contribution is 7.90. The van der Waals surface area contributed by atoms with Crippen LogP contribution in [0.25, 0.3) is 0 Å². The molecule has 2 fully saturated rings. The molecular weight excluding hydrogens is 372 g/mol. The Hall–Kier alpha value is -1.80. The van der Waals surface area contributed by atoms with Crippen molar-refractivity contribution < 1.29 is 8.42 Å². The lowest BCUT2D eigenvalue weighted by atomic mass is 9.91. The summed E-state index contributed by atoms with van der Waals surface area (Å²) in [5.74, 6) is 0.636. The summed E-state index contributed by atoms with van der Waals surface area (Å²) in [6.45, 7) is 3.82. The first-order chi connectivity index (χ1) is 13.5. The van der Waals surface area contributed by atoms with Gasteiger partial charge in [0.1, 0.15) is 0 Å². The monoisotopic (exact) mass is 400 g/mol. The summed E-state index contributed by atoms with van der Waals surface area (Å²) in [7, 11) is -3.27. The molecule has 28 heavy (non-hydrogen) atoms. The van der Waals surface area contributed by atoms with Crippen molar-refractivity contribution in [3.05, 3.63) is 59.9 Å². The molecular formula is C21H28N4O2S. The van der Waals surface area contributed by atoms with E-state index in [4.69, 9.17) is 0 Å². The quantitative estimate of drug-likeness (QED) is 0.801. The molecule has 0 radical (unpaired) electrons. The fraction of sp³-hybridized carbons (Fsp3) is 0.476. The van der Waals surface area contributed by atoms with E-state index in [0.717, 1.165) is 44.7 Å². The SMILES string of the molecule is CS(=O)(=O)c1cccnc1C1CCCN(CC2CNNC2c2ccccc2)C1. The van der Waals surface area contributed by atoms with Gasteiger partial charge in [0, 0.05) is 43.9 Å². The van der Waals surface area contributed by atoms with Gasteiger partial charge in [-0.3, -0.25) is 10.4 Å². The van der Waals surface area contributed by atoms with E-state index in [1.54, 1.807) is 18.3 Å². The van der Waals surface area contributed by atoms with Gasteiger partial charge in [0.25, 0.3) is 0 Å². The molecule has 4 rings (SSSR count). The summed E-state index contributed by atoms with van der Waals surface area (Å²) in [6.07, 6.45) is 5.03. The summed E-state index contributed by atoms with van der Waals surface area (Å²) in [5, 5.41) is 0. The molecule has 1 aromatic heterocycles. The highest BCUT2D eigenvalue weighted by Gasteiger charge is 2.32. The van der Waals surface area contributed by atoms with E-state index in [2.05, 4.69) is 45.0 Å². The molecule has 2 aliphatic rings. The maximum absolute atomic E-state index is 12.2. The maximum Gasteiger partial charge on any atom is 0.177 e. The van der Waals surface area contributed by atoms with Crippen molar-refractivity contribution in [3.8, 4) is 0 Å². The van der Waals surface area contributed by atoms with Gasteiger partial charge in [-0.2, -0.15) is 0 Å². The first kappa shape index (κ1) is 19.5. The van der Waals surface area contributed by atoms with Crippen LogP contribution in [-0.4, -0.2) is 50.7 Å². The predicted molar refractivity (Wildman–Crippen MR) is 110 cm³/mol. The lowest BCUT2D eigenvalue weighted by Crippen LogP contribution is -2.40. The smallest absolute Gasteiger partial charge is 0.177 e. The van der Waals surface area contributed by atoms with E-state index >= 15 is 0 Å². The Labute approximate surface area is 167 Å². The van der Waals surface area contributed by atoms with Crippen LogP contribution in [0.3, 0.4) is 0 Å². The van der Waals surface area contributed by atoms with E-state index < -0.39 is 9.84 Å². The molecule has 0 spiro atoms. The van der Waals surface area contributed by atoms with Gasteiger partial charge in [0.2, 0.25) is 0 Å². The first-order valence-electron chi connectivity index (χ1n) is 9.93. The summed E-state index contributed by atoms with van der Waals surface area (Å²) < 4.78 is 24.4. The summed E-state index contributed by atoms with van der Waals surface area (Å²) in [4.78, 5) is 7.33. The van der Waals surface area contributed by atoms with Crippen molar-refractivity contribution in [2.75, 3.05) is 32.4 Å². The fourth-order valence-electron chi connectivity index (χ4n) is 4.52. The van der Waals surface area contributed by atoms with Crippen molar-refractivity contribution in [3.63, 3.8) is 0 Å². The Bertz CT molecular complexity index is 904. The number of rotatable bonds is 5. The average molecular weight is 401 g/mol. The van der Waals surface area contributed by atoms with Gasteiger partial charge in [-0.1, -0.05) is 30.3 Å². The molecule has 3 heterocycles. The molecule has 3 atom stereocenters. The minimum atomic E-state index is -3.27. The van der Waals surface area contributed by atoms with Crippen molar-refractivity contribution in [2.24, 2.45) is 5.92 Å². The number of hydrogen-bond acceptors (Lipinski definition) is 6. The van der Waals surface area contributed by atoms with Gasteiger partial charge in [-0.05, 0) is 37.1 Å². The van der Waals surface area contributed by atoms with Crippen molar-refractivity contribution in [2.45, 2.75) is 29.7 Å². The minimum Gasteiger partial charge on any atom is -0.302 e. The fourth-order valence-corrected chi connectivity index (χ4v) is 5.45. The minimum absolute atomic E-state index is 0.164. The second-order valence-electron chi connectivity index (χ2n) is 7.93. The van der Waals surface area contributed by atoms with Gasteiger partial charge in [0.15, 0.2) is 9.84 Å². The number of nitrogens with one attached hydrogen (secondary N) is 2. The largest absolute Gasteiger partial charge is 0.302 e. The summed E-state index contributed by atoms with van der Waals surface area (Å²) in [6, 6.07) is 14.2. The van der Waals surface area contributed by atoms with E-state index in [-0.39, 0.29) is 5.92 Å². The van der Waals surface area contributed by atoms with Crippen LogP contribution in [0, 0.1) is 5.92 Å². The van der Waals surface area contributed by atoms with E-state index in [0.29, 0.717) is 16.9 Å². The third-order valence-electron chi connectivity index (χ3n) is 5.84. The number of hydrazine groups is 1.